The van der Waals surface area contributed by atoms with E-state index in [1.165, 1.54) is 16.9 Å². The molecule has 2 aromatic heterocycles. The topological polar surface area (TPSA) is 52.1 Å². The van der Waals surface area contributed by atoms with E-state index in [4.69, 9.17) is 4.74 Å². The summed E-state index contributed by atoms with van der Waals surface area (Å²) in [6.07, 6.45) is 3.23. The molecular weight excluding hydrogens is 236 g/mol. The monoisotopic (exact) mass is 246 g/mol. The van der Waals surface area contributed by atoms with Gasteiger partial charge in [0.05, 0.1) is 11.2 Å². The summed E-state index contributed by atoms with van der Waals surface area (Å²) in [7, 11) is 0. The molecule has 0 amide bonds. The fourth-order valence-corrected chi connectivity index (χ4v) is 2.51. The fraction of sp³-hybridized carbons (Fsp3) is 0.250. The van der Waals surface area contributed by atoms with Gasteiger partial charge in [-0.25, -0.2) is 9.78 Å². The molecule has 17 heavy (non-hydrogen) atoms. The Balaban J connectivity index is 1.78. The van der Waals surface area contributed by atoms with E-state index in [-0.39, 0.29) is 12.1 Å². The van der Waals surface area contributed by atoms with E-state index in [9.17, 15) is 4.79 Å². The van der Waals surface area contributed by atoms with Crippen LogP contribution in [0.15, 0.2) is 29.2 Å². The third-order valence-corrected chi connectivity index (χ3v) is 3.38. The van der Waals surface area contributed by atoms with Crippen molar-refractivity contribution in [3.63, 3.8) is 0 Å². The van der Waals surface area contributed by atoms with Gasteiger partial charge in [0.2, 0.25) is 0 Å². The first-order valence-corrected chi connectivity index (χ1v) is 6.32. The van der Waals surface area contributed by atoms with Crippen LogP contribution in [0.2, 0.25) is 0 Å². The zero-order valence-corrected chi connectivity index (χ0v) is 9.81. The quantitative estimate of drug-likeness (QED) is 0.763. The first-order chi connectivity index (χ1) is 8.34. The molecule has 0 fully saturated rings. The van der Waals surface area contributed by atoms with Gasteiger partial charge >= 0.3 is 5.97 Å². The van der Waals surface area contributed by atoms with Crippen molar-refractivity contribution < 1.29 is 9.53 Å². The maximum absolute atomic E-state index is 11.8. The zero-order valence-electron chi connectivity index (χ0n) is 9.00. The van der Waals surface area contributed by atoms with E-state index >= 15 is 0 Å². The molecule has 0 saturated carbocycles. The number of esters is 1. The predicted molar refractivity (Wildman–Crippen MR) is 62.8 cm³/mol. The SMILES string of the molecule is O=C(O[C@@H]1CCc2cccnc21)c1cscn1. The van der Waals surface area contributed by atoms with Crippen LogP contribution in [-0.4, -0.2) is 15.9 Å². The Kier molecular flexibility index (Phi) is 2.60. The highest BCUT2D eigenvalue weighted by atomic mass is 32.1. The molecule has 4 nitrogen and oxygen atoms in total. The van der Waals surface area contributed by atoms with Crippen molar-refractivity contribution in [2.75, 3.05) is 0 Å². The summed E-state index contributed by atoms with van der Waals surface area (Å²) in [6, 6.07) is 3.93. The van der Waals surface area contributed by atoms with Gasteiger partial charge < -0.3 is 4.74 Å². The summed E-state index contributed by atoms with van der Waals surface area (Å²) in [5, 5.41) is 1.69. The minimum absolute atomic E-state index is 0.222. The normalized spacial score (nSPS) is 17.8. The number of nitrogens with zero attached hydrogens (tertiary/aromatic N) is 2. The van der Waals surface area contributed by atoms with Crippen LogP contribution in [-0.2, 0) is 11.2 Å². The lowest BCUT2D eigenvalue weighted by Gasteiger charge is -2.11. The van der Waals surface area contributed by atoms with Gasteiger partial charge in [-0.15, -0.1) is 11.3 Å². The molecule has 3 rings (SSSR count). The average Bonchev–Trinajstić information content (AvgIpc) is 2.98. The molecule has 0 unspecified atom stereocenters. The molecule has 2 aromatic rings. The lowest BCUT2D eigenvalue weighted by molar-refractivity contribution is 0.0286. The second-order valence-electron chi connectivity index (χ2n) is 3.85. The number of aromatic nitrogens is 2. The number of thiazole rings is 1. The summed E-state index contributed by atoms with van der Waals surface area (Å²) in [6.45, 7) is 0. The molecule has 0 aromatic carbocycles. The van der Waals surface area contributed by atoms with Crippen molar-refractivity contribution in [1.82, 2.24) is 9.97 Å². The van der Waals surface area contributed by atoms with E-state index in [0.29, 0.717) is 5.69 Å². The molecule has 0 aliphatic heterocycles. The van der Waals surface area contributed by atoms with Crippen molar-refractivity contribution >= 4 is 17.3 Å². The van der Waals surface area contributed by atoms with E-state index in [1.807, 2.05) is 12.1 Å². The number of carbonyl (C=O) groups is 1. The second-order valence-corrected chi connectivity index (χ2v) is 4.57. The molecular formula is C12H10N2O2S. The maximum Gasteiger partial charge on any atom is 0.358 e. The minimum atomic E-state index is -0.366. The molecule has 0 N–H and O–H groups in total. The van der Waals surface area contributed by atoms with Crippen LogP contribution in [0.4, 0.5) is 0 Å². The van der Waals surface area contributed by atoms with Crippen LogP contribution >= 0.6 is 11.3 Å². The Morgan fingerprint density at radius 1 is 1.47 bits per heavy atom. The molecule has 0 radical (unpaired) electrons. The number of aryl methyl sites for hydroxylation is 1. The maximum atomic E-state index is 11.8. The minimum Gasteiger partial charge on any atom is -0.451 e. The van der Waals surface area contributed by atoms with Crippen molar-refractivity contribution in [2.24, 2.45) is 0 Å². The van der Waals surface area contributed by atoms with Gasteiger partial charge in [0, 0.05) is 11.6 Å². The van der Waals surface area contributed by atoms with Gasteiger partial charge in [-0.05, 0) is 24.5 Å². The van der Waals surface area contributed by atoms with Crippen molar-refractivity contribution in [2.45, 2.75) is 18.9 Å². The number of pyridine rings is 1. The van der Waals surface area contributed by atoms with Crippen LogP contribution in [0.1, 0.15) is 34.3 Å². The molecule has 1 aliphatic carbocycles. The first-order valence-electron chi connectivity index (χ1n) is 5.37. The van der Waals surface area contributed by atoms with Crippen LogP contribution in [0, 0.1) is 0 Å². The number of rotatable bonds is 2. The third kappa shape index (κ3) is 1.93. The van der Waals surface area contributed by atoms with Crippen LogP contribution < -0.4 is 0 Å². The number of hydrogen-bond acceptors (Lipinski definition) is 5. The summed E-state index contributed by atoms with van der Waals surface area (Å²) >= 11 is 1.38. The number of fused-ring (bicyclic) bond motifs is 1. The Morgan fingerprint density at radius 3 is 3.24 bits per heavy atom. The van der Waals surface area contributed by atoms with Crippen molar-refractivity contribution in [1.29, 1.82) is 0 Å². The van der Waals surface area contributed by atoms with Crippen molar-refractivity contribution in [3.05, 3.63) is 46.2 Å². The fourth-order valence-electron chi connectivity index (χ4n) is 1.99. The molecule has 86 valence electrons. The molecule has 1 atom stereocenters. The largest absolute Gasteiger partial charge is 0.451 e. The standard InChI is InChI=1S/C12H10N2O2S/c15-12(9-6-17-7-14-9)16-10-4-3-8-2-1-5-13-11(8)10/h1-2,5-7,10H,3-4H2/t10-/m1/s1. The van der Waals surface area contributed by atoms with Gasteiger partial charge in [0.25, 0.3) is 0 Å². The first kappa shape index (κ1) is 10.4. The third-order valence-electron chi connectivity index (χ3n) is 2.80. The molecule has 1 aliphatic rings. The number of carbonyl (C=O) groups excluding carboxylic acids is 1. The summed E-state index contributed by atoms with van der Waals surface area (Å²) in [4.78, 5) is 20.0. The van der Waals surface area contributed by atoms with Crippen LogP contribution in [0.25, 0.3) is 0 Å². The van der Waals surface area contributed by atoms with E-state index in [1.54, 1.807) is 17.1 Å². The highest BCUT2D eigenvalue weighted by Gasteiger charge is 2.27. The number of hydrogen-bond donors (Lipinski definition) is 0. The smallest absolute Gasteiger partial charge is 0.358 e. The van der Waals surface area contributed by atoms with Crippen LogP contribution in [0.3, 0.4) is 0 Å². The summed E-state index contributed by atoms with van der Waals surface area (Å²) in [5.74, 6) is -0.366. The van der Waals surface area contributed by atoms with E-state index < -0.39 is 0 Å². The highest BCUT2D eigenvalue weighted by molar-refractivity contribution is 7.07. The van der Waals surface area contributed by atoms with Gasteiger partial charge in [-0.2, -0.15) is 0 Å². The van der Waals surface area contributed by atoms with Crippen molar-refractivity contribution in [3.8, 4) is 0 Å². The lowest BCUT2D eigenvalue weighted by Crippen LogP contribution is -2.10. The zero-order chi connectivity index (χ0) is 11.7. The van der Waals surface area contributed by atoms with Gasteiger partial charge in [0.1, 0.15) is 6.10 Å². The average molecular weight is 246 g/mol. The van der Waals surface area contributed by atoms with Gasteiger partial charge in [0.15, 0.2) is 5.69 Å². The molecule has 2 heterocycles. The summed E-state index contributed by atoms with van der Waals surface area (Å²) < 4.78 is 5.42. The molecule has 0 saturated heterocycles. The molecule has 0 bridgehead atoms. The van der Waals surface area contributed by atoms with Gasteiger partial charge in [-0.3, -0.25) is 4.98 Å². The molecule has 5 heteroatoms. The predicted octanol–water partition coefficient (Wildman–Crippen LogP) is 2.38. The van der Waals surface area contributed by atoms with Gasteiger partial charge in [-0.1, -0.05) is 6.07 Å². The highest BCUT2D eigenvalue weighted by Crippen LogP contribution is 2.32. The Hall–Kier alpha value is -1.75. The van der Waals surface area contributed by atoms with E-state index in [2.05, 4.69) is 9.97 Å². The Labute approximate surface area is 102 Å². The summed E-state index contributed by atoms with van der Waals surface area (Å²) in [5.41, 5.74) is 4.05. The number of ether oxygens (including phenoxy) is 1. The second kappa shape index (κ2) is 4.25. The lowest BCUT2D eigenvalue weighted by atomic mass is 10.2. The van der Waals surface area contributed by atoms with E-state index in [0.717, 1.165) is 18.5 Å². The van der Waals surface area contributed by atoms with Crippen LogP contribution in [0.5, 0.6) is 0 Å². The molecule has 0 spiro atoms. The Morgan fingerprint density at radius 2 is 2.41 bits per heavy atom. The Bertz CT molecular complexity index is 539.